The van der Waals surface area contributed by atoms with Crippen LogP contribution in [0.4, 0.5) is 5.69 Å². The molecule has 2 aliphatic heterocycles. The molecule has 0 amide bonds. The van der Waals surface area contributed by atoms with Gasteiger partial charge in [-0.05, 0) is 30.3 Å². The molecule has 2 fully saturated rings. The van der Waals surface area contributed by atoms with Crippen LogP contribution in [0.5, 0.6) is 0 Å². The van der Waals surface area contributed by atoms with Gasteiger partial charge in [0, 0.05) is 48.4 Å². The van der Waals surface area contributed by atoms with Gasteiger partial charge in [0.05, 0.1) is 0 Å². The first-order valence-corrected chi connectivity index (χ1v) is 7.96. The second-order valence-corrected chi connectivity index (χ2v) is 6.78. The Bertz CT molecular complexity index is 804. The Labute approximate surface area is 146 Å². The van der Waals surface area contributed by atoms with Gasteiger partial charge in [-0.25, -0.2) is 0 Å². The highest BCUT2D eigenvalue weighted by Crippen LogP contribution is 2.40. The van der Waals surface area contributed by atoms with E-state index in [9.17, 15) is 4.79 Å². The maximum absolute atomic E-state index is 12.6. The van der Waals surface area contributed by atoms with Crippen LogP contribution in [0.1, 0.15) is 15.9 Å². The number of halogens is 1. The van der Waals surface area contributed by atoms with Crippen LogP contribution < -0.4 is 4.90 Å². The molecule has 0 bridgehead atoms. The second-order valence-electron chi connectivity index (χ2n) is 6.78. The molecule has 0 radical (unpaired) electrons. The van der Waals surface area contributed by atoms with Crippen LogP contribution in [0, 0.1) is 5.92 Å². The predicted octanol–water partition coefficient (Wildman–Crippen LogP) is 3.23. The van der Waals surface area contributed by atoms with Gasteiger partial charge in [0.15, 0.2) is 5.78 Å². The topological polar surface area (TPSA) is 23.6 Å². The van der Waals surface area contributed by atoms with Crippen molar-refractivity contribution in [3.8, 4) is 11.1 Å². The summed E-state index contributed by atoms with van der Waals surface area (Å²) in [4.78, 5) is 17.5. The number of carbonyl (C=O) groups is 1. The lowest BCUT2D eigenvalue weighted by Gasteiger charge is -2.40. The summed E-state index contributed by atoms with van der Waals surface area (Å²) in [5.41, 5.74) is 5.07. The monoisotopic (exact) mass is 370 g/mol. The second kappa shape index (κ2) is 5.18. The number of fused-ring (bicyclic) bond motifs is 4. The summed E-state index contributed by atoms with van der Waals surface area (Å²) >= 11 is 0. The molecule has 2 aromatic rings. The minimum absolute atomic E-state index is 0. The Morgan fingerprint density at radius 2 is 1.65 bits per heavy atom. The van der Waals surface area contributed by atoms with Gasteiger partial charge in [0.25, 0.3) is 0 Å². The van der Waals surface area contributed by atoms with Crippen molar-refractivity contribution in [3.05, 3.63) is 53.6 Å². The van der Waals surface area contributed by atoms with Crippen molar-refractivity contribution in [2.45, 2.75) is 6.04 Å². The molecular weight excluding hydrogens is 352 g/mol. The summed E-state index contributed by atoms with van der Waals surface area (Å²) in [6, 6.07) is 15.0. The van der Waals surface area contributed by atoms with E-state index in [0.717, 1.165) is 41.3 Å². The maximum atomic E-state index is 12.6. The van der Waals surface area contributed by atoms with Crippen molar-refractivity contribution in [2.75, 3.05) is 31.6 Å². The van der Waals surface area contributed by atoms with E-state index in [1.807, 2.05) is 24.3 Å². The minimum atomic E-state index is 0. The molecular formula is C19H19BrN2O. The first-order chi connectivity index (χ1) is 10.7. The predicted molar refractivity (Wildman–Crippen MR) is 97.8 cm³/mol. The molecule has 0 spiro atoms. The lowest BCUT2D eigenvalue weighted by Crippen LogP contribution is -2.52. The molecule has 23 heavy (non-hydrogen) atoms. The van der Waals surface area contributed by atoms with Gasteiger partial charge in [0.2, 0.25) is 0 Å². The smallest absolute Gasteiger partial charge is 0.194 e. The number of nitrogens with zero attached hydrogens (tertiary/aromatic N) is 2. The number of likely N-dealkylation sites (tertiary alicyclic amines) is 1. The van der Waals surface area contributed by atoms with Gasteiger partial charge in [-0.2, -0.15) is 0 Å². The Balaban J connectivity index is 0.00000135. The summed E-state index contributed by atoms with van der Waals surface area (Å²) in [7, 11) is 2.20. The van der Waals surface area contributed by atoms with Crippen LogP contribution in [0.25, 0.3) is 11.1 Å². The molecule has 3 aliphatic rings. The van der Waals surface area contributed by atoms with Crippen LogP contribution >= 0.6 is 17.0 Å². The fourth-order valence-corrected chi connectivity index (χ4v) is 4.32. The third-order valence-electron chi connectivity index (χ3n) is 5.57. The number of benzene rings is 2. The highest BCUT2D eigenvalue weighted by Gasteiger charge is 2.43. The zero-order valence-electron chi connectivity index (χ0n) is 13.0. The molecule has 2 aromatic carbocycles. The van der Waals surface area contributed by atoms with Crippen molar-refractivity contribution in [1.29, 1.82) is 0 Å². The largest absolute Gasteiger partial charge is 0.370 e. The van der Waals surface area contributed by atoms with Gasteiger partial charge in [-0.15, -0.1) is 17.0 Å². The maximum Gasteiger partial charge on any atom is 0.194 e. The average Bonchev–Trinajstić information content (AvgIpc) is 3.04. The number of carbonyl (C=O) groups excluding carboxylic acids is 1. The number of rotatable bonds is 1. The van der Waals surface area contributed by atoms with Gasteiger partial charge in [-0.3, -0.25) is 4.79 Å². The Morgan fingerprint density at radius 3 is 2.39 bits per heavy atom. The van der Waals surface area contributed by atoms with E-state index in [2.05, 4.69) is 35.0 Å². The Kier molecular flexibility index (Phi) is 3.36. The lowest BCUT2D eigenvalue weighted by atomic mass is 9.93. The zero-order chi connectivity index (χ0) is 14.8. The fourth-order valence-electron chi connectivity index (χ4n) is 4.32. The molecule has 1 aliphatic carbocycles. The van der Waals surface area contributed by atoms with Gasteiger partial charge >= 0.3 is 0 Å². The van der Waals surface area contributed by atoms with Gasteiger partial charge in [0.1, 0.15) is 0 Å². The molecule has 0 unspecified atom stereocenters. The van der Waals surface area contributed by atoms with Crippen LogP contribution in [0.15, 0.2) is 42.5 Å². The first-order valence-electron chi connectivity index (χ1n) is 7.96. The van der Waals surface area contributed by atoms with Gasteiger partial charge < -0.3 is 9.80 Å². The van der Waals surface area contributed by atoms with E-state index in [-0.39, 0.29) is 22.8 Å². The summed E-state index contributed by atoms with van der Waals surface area (Å²) < 4.78 is 0. The number of hydrogen-bond donors (Lipinski definition) is 0. The normalized spacial score (nSPS) is 24.6. The molecule has 2 heterocycles. The van der Waals surface area contributed by atoms with Crippen molar-refractivity contribution < 1.29 is 4.79 Å². The highest BCUT2D eigenvalue weighted by atomic mass is 79.9. The molecule has 3 nitrogen and oxygen atoms in total. The number of likely N-dealkylation sites (N-methyl/N-ethyl adjacent to an activating group) is 1. The summed E-state index contributed by atoms with van der Waals surface area (Å²) in [6.45, 7) is 3.41. The third kappa shape index (κ3) is 2.01. The summed E-state index contributed by atoms with van der Waals surface area (Å²) in [5.74, 6) is 0.970. The third-order valence-corrected chi connectivity index (χ3v) is 5.57. The molecule has 0 N–H and O–H groups in total. The molecule has 118 valence electrons. The molecule has 0 aromatic heterocycles. The molecule has 4 heteroatoms. The fraction of sp³-hybridized carbons (Fsp3) is 0.316. The average molecular weight is 371 g/mol. The summed E-state index contributed by atoms with van der Waals surface area (Å²) in [6.07, 6.45) is 0. The Hall–Kier alpha value is -1.65. The van der Waals surface area contributed by atoms with E-state index in [4.69, 9.17) is 0 Å². The van der Waals surface area contributed by atoms with Crippen molar-refractivity contribution >= 4 is 28.5 Å². The lowest BCUT2D eigenvalue weighted by molar-refractivity contribution is 0.0827. The van der Waals surface area contributed by atoms with E-state index < -0.39 is 0 Å². The number of ketones is 1. The zero-order valence-corrected chi connectivity index (χ0v) is 14.7. The van der Waals surface area contributed by atoms with Gasteiger partial charge in [-0.1, -0.05) is 30.3 Å². The van der Waals surface area contributed by atoms with Crippen molar-refractivity contribution in [2.24, 2.45) is 5.92 Å². The molecule has 5 rings (SSSR count). The molecule has 0 saturated carbocycles. The van der Waals surface area contributed by atoms with Crippen LogP contribution in [0.2, 0.25) is 0 Å². The SMILES string of the molecule is Br.CN1C[C@H]2CN(c3ccc4c(c3)C(=O)c3ccccc3-4)C[C@@H]21. The van der Waals surface area contributed by atoms with Crippen LogP contribution in [-0.4, -0.2) is 43.4 Å². The Morgan fingerprint density at radius 1 is 0.913 bits per heavy atom. The van der Waals surface area contributed by atoms with E-state index >= 15 is 0 Å². The van der Waals surface area contributed by atoms with Crippen LogP contribution in [-0.2, 0) is 0 Å². The highest BCUT2D eigenvalue weighted by molar-refractivity contribution is 8.93. The number of hydrogen-bond acceptors (Lipinski definition) is 3. The standard InChI is InChI=1S/C19H18N2O.BrH/c1-20-9-12-10-21(11-18(12)20)13-6-7-15-14-4-2-3-5-16(14)19(22)17(15)8-13;/h2-8,12,18H,9-11H2,1H3;1H/t12-,18-;/m0./s1. The van der Waals surface area contributed by atoms with Crippen molar-refractivity contribution in [3.63, 3.8) is 0 Å². The van der Waals surface area contributed by atoms with E-state index in [1.165, 1.54) is 12.2 Å². The van der Waals surface area contributed by atoms with Crippen molar-refractivity contribution in [1.82, 2.24) is 4.90 Å². The number of anilines is 1. The minimum Gasteiger partial charge on any atom is -0.370 e. The molecule has 2 saturated heterocycles. The van der Waals surface area contributed by atoms with Crippen LogP contribution in [0.3, 0.4) is 0 Å². The van der Waals surface area contributed by atoms with E-state index in [0.29, 0.717) is 6.04 Å². The summed E-state index contributed by atoms with van der Waals surface area (Å²) in [5, 5.41) is 0. The molecule has 2 atom stereocenters. The van der Waals surface area contributed by atoms with E-state index in [1.54, 1.807) is 0 Å². The first kappa shape index (κ1) is 14.9. The quantitative estimate of drug-likeness (QED) is 0.656.